The van der Waals surface area contributed by atoms with Gasteiger partial charge in [-0.1, -0.05) is 25.4 Å². The van der Waals surface area contributed by atoms with Gasteiger partial charge in [0.25, 0.3) is 0 Å². The van der Waals surface area contributed by atoms with Gasteiger partial charge in [-0.25, -0.2) is 0 Å². The number of nitrogens with one attached hydrogen (secondary N) is 1. The van der Waals surface area contributed by atoms with E-state index in [2.05, 4.69) is 5.32 Å². The molecule has 1 aromatic carbocycles. The van der Waals surface area contributed by atoms with Crippen LogP contribution >= 0.6 is 11.6 Å². The van der Waals surface area contributed by atoms with Gasteiger partial charge in [-0.05, 0) is 30.5 Å². The summed E-state index contributed by atoms with van der Waals surface area (Å²) in [5, 5.41) is 13.4. The average molecular weight is 243 g/mol. The fourth-order valence-electron chi connectivity index (χ4n) is 1.34. The molecule has 1 aromatic rings. The number of hydrogen-bond acceptors (Lipinski definition) is 3. The van der Waals surface area contributed by atoms with Crippen molar-refractivity contribution < 1.29 is 5.11 Å². The Kier molecular flexibility index (Phi) is 4.44. The molecular weight excluding hydrogens is 224 g/mol. The summed E-state index contributed by atoms with van der Waals surface area (Å²) in [6.07, 6.45) is -0.365. The second-order valence-electron chi connectivity index (χ2n) is 4.38. The molecule has 0 fully saturated rings. The lowest BCUT2D eigenvalue weighted by Crippen LogP contribution is -2.25. The van der Waals surface area contributed by atoms with Gasteiger partial charge in [0.05, 0.1) is 16.8 Å². The summed E-state index contributed by atoms with van der Waals surface area (Å²) in [4.78, 5) is 0. The van der Waals surface area contributed by atoms with Crippen LogP contribution < -0.4 is 11.1 Å². The highest BCUT2D eigenvalue weighted by molar-refractivity contribution is 6.33. The maximum absolute atomic E-state index is 9.68. The summed E-state index contributed by atoms with van der Waals surface area (Å²) in [5.74, 6) is 0.233. The summed E-state index contributed by atoms with van der Waals surface area (Å²) in [6, 6.07) is 3.62. The number of aliphatic hydroxyl groups excluding tert-OH is 1. The first-order chi connectivity index (χ1) is 7.41. The quantitative estimate of drug-likeness (QED) is 0.712. The van der Waals surface area contributed by atoms with Crippen molar-refractivity contribution in [1.82, 2.24) is 0 Å². The number of rotatable bonds is 4. The fraction of sp³-hybridized carbons (Fsp3) is 0.500. The molecule has 0 spiro atoms. The van der Waals surface area contributed by atoms with E-state index in [1.165, 1.54) is 0 Å². The molecule has 0 aromatic heterocycles. The Balaban J connectivity index is 2.71. The molecule has 1 unspecified atom stereocenters. The molecule has 0 aliphatic carbocycles. The van der Waals surface area contributed by atoms with E-state index in [1.807, 2.05) is 26.8 Å². The maximum atomic E-state index is 9.68. The normalized spacial score (nSPS) is 12.9. The molecule has 0 amide bonds. The molecule has 0 aliphatic rings. The van der Waals surface area contributed by atoms with E-state index in [9.17, 15) is 5.11 Å². The van der Waals surface area contributed by atoms with Crippen molar-refractivity contribution in [1.29, 1.82) is 0 Å². The molecule has 4 N–H and O–H groups in total. The minimum Gasteiger partial charge on any atom is -0.398 e. The smallest absolute Gasteiger partial charge is 0.0735 e. The first kappa shape index (κ1) is 13.1. The van der Waals surface area contributed by atoms with Crippen molar-refractivity contribution in [2.24, 2.45) is 5.92 Å². The van der Waals surface area contributed by atoms with Crippen molar-refractivity contribution >= 4 is 23.0 Å². The molecule has 1 rings (SSSR count). The standard InChI is InChI=1S/C12H19ClN2O/c1-7(2)12(16)6-15-11-5-9(13)10(14)4-8(11)3/h4-5,7,12,15-16H,6,14H2,1-3H3. The third-order valence-electron chi connectivity index (χ3n) is 2.61. The Morgan fingerprint density at radius 2 is 2.06 bits per heavy atom. The third-order valence-corrected chi connectivity index (χ3v) is 2.94. The van der Waals surface area contributed by atoms with E-state index < -0.39 is 0 Å². The van der Waals surface area contributed by atoms with Gasteiger partial charge in [0.1, 0.15) is 0 Å². The van der Waals surface area contributed by atoms with Crippen LogP contribution in [0.15, 0.2) is 12.1 Å². The minimum absolute atomic E-state index is 0.233. The molecule has 16 heavy (non-hydrogen) atoms. The van der Waals surface area contributed by atoms with Crippen LogP contribution in [0, 0.1) is 12.8 Å². The van der Waals surface area contributed by atoms with Crippen LogP contribution in [0.25, 0.3) is 0 Å². The zero-order valence-corrected chi connectivity index (χ0v) is 10.7. The Bertz CT molecular complexity index is 366. The predicted octanol–water partition coefficient (Wildman–Crippen LogP) is 2.66. The highest BCUT2D eigenvalue weighted by Crippen LogP contribution is 2.26. The van der Waals surface area contributed by atoms with Crippen LogP contribution in [-0.2, 0) is 0 Å². The molecule has 0 saturated heterocycles. The number of aryl methyl sites for hydroxylation is 1. The molecule has 0 heterocycles. The van der Waals surface area contributed by atoms with E-state index in [4.69, 9.17) is 17.3 Å². The van der Waals surface area contributed by atoms with Gasteiger partial charge in [0.15, 0.2) is 0 Å². The number of benzene rings is 1. The van der Waals surface area contributed by atoms with Crippen molar-refractivity contribution in [2.75, 3.05) is 17.6 Å². The van der Waals surface area contributed by atoms with Gasteiger partial charge in [-0.15, -0.1) is 0 Å². The Morgan fingerprint density at radius 1 is 1.44 bits per heavy atom. The predicted molar refractivity (Wildman–Crippen MR) is 69.9 cm³/mol. The van der Waals surface area contributed by atoms with Crippen LogP contribution in [-0.4, -0.2) is 17.8 Å². The second kappa shape index (κ2) is 5.41. The SMILES string of the molecule is Cc1cc(N)c(Cl)cc1NCC(O)C(C)C. The van der Waals surface area contributed by atoms with Crippen molar-refractivity contribution in [3.8, 4) is 0 Å². The Hall–Kier alpha value is -0.930. The van der Waals surface area contributed by atoms with Crippen LogP contribution in [0.1, 0.15) is 19.4 Å². The summed E-state index contributed by atoms with van der Waals surface area (Å²) in [6.45, 7) is 6.43. The van der Waals surface area contributed by atoms with Gasteiger partial charge in [-0.2, -0.15) is 0 Å². The summed E-state index contributed by atoms with van der Waals surface area (Å²) >= 11 is 5.94. The number of anilines is 2. The van der Waals surface area contributed by atoms with Gasteiger partial charge in [-0.3, -0.25) is 0 Å². The molecular formula is C12H19ClN2O. The van der Waals surface area contributed by atoms with E-state index >= 15 is 0 Å². The lowest BCUT2D eigenvalue weighted by atomic mass is 10.1. The maximum Gasteiger partial charge on any atom is 0.0735 e. The molecule has 0 radical (unpaired) electrons. The molecule has 4 heteroatoms. The highest BCUT2D eigenvalue weighted by Gasteiger charge is 2.10. The van der Waals surface area contributed by atoms with Crippen molar-refractivity contribution in [2.45, 2.75) is 26.9 Å². The summed E-state index contributed by atoms with van der Waals surface area (Å²) < 4.78 is 0. The average Bonchev–Trinajstić information content (AvgIpc) is 2.20. The van der Waals surface area contributed by atoms with Crippen molar-refractivity contribution in [3.05, 3.63) is 22.7 Å². The molecule has 3 nitrogen and oxygen atoms in total. The van der Waals surface area contributed by atoms with Crippen LogP contribution in [0.3, 0.4) is 0 Å². The van der Waals surface area contributed by atoms with Crippen LogP contribution in [0.5, 0.6) is 0 Å². The van der Waals surface area contributed by atoms with Gasteiger partial charge < -0.3 is 16.2 Å². The number of nitrogens with two attached hydrogens (primary N) is 1. The minimum atomic E-state index is -0.365. The number of halogens is 1. The first-order valence-corrected chi connectivity index (χ1v) is 5.77. The highest BCUT2D eigenvalue weighted by atomic mass is 35.5. The second-order valence-corrected chi connectivity index (χ2v) is 4.79. The Morgan fingerprint density at radius 3 is 2.62 bits per heavy atom. The topological polar surface area (TPSA) is 58.3 Å². The molecule has 0 saturated carbocycles. The van der Waals surface area contributed by atoms with Crippen LogP contribution in [0.4, 0.5) is 11.4 Å². The van der Waals surface area contributed by atoms with E-state index in [0.29, 0.717) is 17.3 Å². The number of nitrogen functional groups attached to an aromatic ring is 1. The third kappa shape index (κ3) is 3.29. The lowest BCUT2D eigenvalue weighted by molar-refractivity contribution is 0.138. The largest absolute Gasteiger partial charge is 0.398 e. The number of aliphatic hydroxyl groups is 1. The van der Waals surface area contributed by atoms with E-state index in [0.717, 1.165) is 11.3 Å². The fourth-order valence-corrected chi connectivity index (χ4v) is 1.51. The van der Waals surface area contributed by atoms with E-state index in [1.54, 1.807) is 6.07 Å². The van der Waals surface area contributed by atoms with Crippen LogP contribution in [0.2, 0.25) is 5.02 Å². The lowest BCUT2D eigenvalue weighted by Gasteiger charge is -2.17. The molecule has 0 bridgehead atoms. The molecule has 0 aliphatic heterocycles. The van der Waals surface area contributed by atoms with Gasteiger partial charge in [0, 0.05) is 12.2 Å². The molecule has 90 valence electrons. The Labute approximate surface area is 102 Å². The summed E-state index contributed by atoms with van der Waals surface area (Å²) in [5.41, 5.74) is 8.20. The number of hydrogen-bond donors (Lipinski definition) is 3. The zero-order chi connectivity index (χ0) is 12.3. The zero-order valence-electron chi connectivity index (χ0n) is 9.92. The van der Waals surface area contributed by atoms with Gasteiger partial charge >= 0.3 is 0 Å². The van der Waals surface area contributed by atoms with Crippen molar-refractivity contribution in [3.63, 3.8) is 0 Å². The van der Waals surface area contributed by atoms with Gasteiger partial charge in [0.2, 0.25) is 0 Å². The monoisotopic (exact) mass is 242 g/mol. The summed E-state index contributed by atoms with van der Waals surface area (Å²) in [7, 11) is 0. The molecule has 1 atom stereocenters. The first-order valence-electron chi connectivity index (χ1n) is 5.39. The van der Waals surface area contributed by atoms with E-state index in [-0.39, 0.29) is 12.0 Å².